The van der Waals surface area contributed by atoms with Crippen molar-refractivity contribution in [2.24, 2.45) is 0 Å². The first-order valence-electron chi connectivity index (χ1n) is 4.05. The summed E-state index contributed by atoms with van der Waals surface area (Å²) in [5, 5.41) is 0. The van der Waals surface area contributed by atoms with E-state index in [0.717, 1.165) is 5.56 Å². The highest BCUT2D eigenvalue weighted by atomic mass is 28.4. The highest BCUT2D eigenvalue weighted by molar-refractivity contribution is 6.48. The first kappa shape index (κ1) is 11.3. The Labute approximate surface area is 82.6 Å². The maximum absolute atomic E-state index is 8.52. The van der Waals surface area contributed by atoms with Crippen LogP contribution in [0.25, 0.3) is 0 Å². The fourth-order valence-electron chi connectivity index (χ4n) is 0.916. The molecule has 0 saturated carbocycles. The van der Waals surface area contributed by atoms with Crippen molar-refractivity contribution in [3.8, 4) is 0 Å². The molecular formula is C8H12O5Si. The summed E-state index contributed by atoms with van der Waals surface area (Å²) in [6.45, 7) is 1.66. The third-order valence-corrected chi connectivity index (χ3v) is 1.89. The third-order valence-electron chi connectivity index (χ3n) is 1.57. The molecule has 0 spiro atoms. The van der Waals surface area contributed by atoms with Gasteiger partial charge in [-0.25, -0.2) is 4.89 Å². The van der Waals surface area contributed by atoms with Crippen molar-refractivity contribution >= 4 is 9.05 Å². The number of hydrogen-bond donors (Lipinski definition) is 3. The molecule has 0 aromatic heterocycles. The van der Waals surface area contributed by atoms with Gasteiger partial charge in [0, 0.05) is 0 Å². The Balaban J connectivity index is 2.48. The van der Waals surface area contributed by atoms with E-state index in [1.807, 2.05) is 18.2 Å². The van der Waals surface area contributed by atoms with Crippen LogP contribution in [0.2, 0.25) is 0 Å². The van der Waals surface area contributed by atoms with Crippen LogP contribution in [-0.4, -0.2) is 23.4 Å². The minimum Gasteiger partial charge on any atom is -0.366 e. The van der Waals surface area contributed by atoms with Gasteiger partial charge in [0.1, 0.15) is 6.10 Å². The second-order valence-electron chi connectivity index (χ2n) is 2.81. The van der Waals surface area contributed by atoms with E-state index in [9.17, 15) is 0 Å². The van der Waals surface area contributed by atoms with Crippen molar-refractivity contribution < 1.29 is 23.9 Å². The van der Waals surface area contributed by atoms with Gasteiger partial charge in [-0.3, -0.25) is 0 Å². The summed E-state index contributed by atoms with van der Waals surface area (Å²) in [5.74, 6) is 0. The predicted molar refractivity (Wildman–Crippen MR) is 49.4 cm³/mol. The molecular weight excluding hydrogens is 204 g/mol. The van der Waals surface area contributed by atoms with E-state index >= 15 is 0 Å². The van der Waals surface area contributed by atoms with Crippen molar-refractivity contribution in [3.05, 3.63) is 35.9 Å². The topological polar surface area (TPSA) is 79.2 Å². The van der Waals surface area contributed by atoms with Crippen LogP contribution in [0.1, 0.15) is 18.6 Å². The zero-order valence-corrected chi connectivity index (χ0v) is 8.62. The summed E-state index contributed by atoms with van der Waals surface area (Å²) in [5.41, 5.74) is 0.811. The van der Waals surface area contributed by atoms with Gasteiger partial charge in [0.05, 0.1) is 0 Å². The summed E-state index contributed by atoms with van der Waals surface area (Å²) in [6.07, 6.45) is -0.477. The van der Waals surface area contributed by atoms with Crippen LogP contribution >= 0.6 is 0 Å². The average Bonchev–Trinajstić information content (AvgIpc) is 2.14. The molecule has 1 aromatic carbocycles. The predicted octanol–water partition coefficient (Wildman–Crippen LogP) is 0.108. The van der Waals surface area contributed by atoms with Gasteiger partial charge in [-0.1, -0.05) is 30.3 Å². The van der Waals surface area contributed by atoms with Gasteiger partial charge in [-0.15, -0.1) is 0 Å². The molecule has 0 amide bonds. The van der Waals surface area contributed by atoms with Crippen molar-refractivity contribution in [1.82, 2.24) is 0 Å². The van der Waals surface area contributed by atoms with E-state index in [1.54, 1.807) is 19.1 Å². The smallest absolute Gasteiger partial charge is 0.366 e. The van der Waals surface area contributed by atoms with Crippen molar-refractivity contribution in [2.45, 2.75) is 13.0 Å². The summed E-state index contributed by atoms with van der Waals surface area (Å²) < 4.78 is 4.05. The van der Waals surface area contributed by atoms with Crippen LogP contribution in [-0.2, 0) is 9.46 Å². The number of rotatable bonds is 4. The van der Waals surface area contributed by atoms with E-state index in [2.05, 4.69) is 9.46 Å². The third kappa shape index (κ3) is 3.96. The van der Waals surface area contributed by atoms with Gasteiger partial charge in [-0.2, -0.15) is 4.58 Å². The Kier molecular flexibility index (Phi) is 3.75. The van der Waals surface area contributed by atoms with Gasteiger partial charge in [-0.05, 0) is 12.5 Å². The molecule has 6 heteroatoms. The minimum absolute atomic E-state index is 0.477. The van der Waals surface area contributed by atoms with Gasteiger partial charge >= 0.3 is 9.05 Å². The quantitative estimate of drug-likeness (QED) is 0.378. The zero-order valence-electron chi connectivity index (χ0n) is 7.62. The van der Waals surface area contributed by atoms with Crippen LogP contribution in [0.15, 0.2) is 30.3 Å². The van der Waals surface area contributed by atoms with Gasteiger partial charge in [0.25, 0.3) is 0 Å². The van der Waals surface area contributed by atoms with Crippen LogP contribution < -0.4 is 0 Å². The van der Waals surface area contributed by atoms with E-state index in [1.165, 1.54) is 0 Å². The molecule has 0 saturated heterocycles. The molecule has 0 bridgehead atoms. The Bertz CT molecular complexity index is 271. The molecule has 78 valence electrons. The fraction of sp³-hybridized carbons (Fsp3) is 0.250. The molecule has 5 nitrogen and oxygen atoms in total. The highest BCUT2D eigenvalue weighted by Gasteiger charge is 2.33. The molecule has 0 aliphatic carbocycles. The van der Waals surface area contributed by atoms with Crippen LogP contribution in [0.4, 0.5) is 0 Å². The van der Waals surface area contributed by atoms with E-state index in [4.69, 9.17) is 14.4 Å². The van der Waals surface area contributed by atoms with Gasteiger partial charge < -0.3 is 14.4 Å². The molecule has 1 aromatic rings. The maximum atomic E-state index is 8.52. The van der Waals surface area contributed by atoms with E-state index in [-0.39, 0.29) is 0 Å². The summed E-state index contributed by atoms with van der Waals surface area (Å²) in [4.78, 5) is 30.2. The minimum atomic E-state index is -4.58. The van der Waals surface area contributed by atoms with E-state index in [0.29, 0.717) is 0 Å². The summed E-state index contributed by atoms with van der Waals surface area (Å²) >= 11 is 0. The molecule has 14 heavy (non-hydrogen) atoms. The van der Waals surface area contributed by atoms with Crippen molar-refractivity contribution in [2.75, 3.05) is 0 Å². The second kappa shape index (κ2) is 4.65. The van der Waals surface area contributed by atoms with Crippen molar-refractivity contribution in [1.29, 1.82) is 0 Å². The zero-order chi connectivity index (χ0) is 10.6. The first-order chi connectivity index (χ1) is 6.49. The Hall–Kier alpha value is -0.763. The molecule has 0 radical (unpaired) electrons. The Morgan fingerprint density at radius 1 is 1.14 bits per heavy atom. The molecule has 0 heterocycles. The number of hydrogen-bond acceptors (Lipinski definition) is 5. The lowest BCUT2D eigenvalue weighted by Crippen LogP contribution is -2.39. The summed E-state index contributed by atoms with van der Waals surface area (Å²) in [6, 6.07) is 9.07. The van der Waals surface area contributed by atoms with Crippen LogP contribution in [0.3, 0.4) is 0 Å². The molecule has 1 atom stereocenters. The molecule has 0 aliphatic rings. The van der Waals surface area contributed by atoms with Crippen molar-refractivity contribution in [3.63, 3.8) is 0 Å². The van der Waals surface area contributed by atoms with Crippen LogP contribution in [0.5, 0.6) is 0 Å². The SMILES string of the molecule is CC(OO[Si](O)(O)O)c1ccccc1. The molecule has 1 unspecified atom stereocenters. The normalized spacial score (nSPS) is 14.0. The average molecular weight is 216 g/mol. The number of benzene rings is 1. The Morgan fingerprint density at radius 2 is 1.71 bits per heavy atom. The second-order valence-corrected chi connectivity index (χ2v) is 4.12. The first-order valence-corrected chi connectivity index (χ1v) is 5.80. The largest absolute Gasteiger partial charge is 0.699 e. The molecule has 1 rings (SSSR count). The van der Waals surface area contributed by atoms with Gasteiger partial charge in [0.2, 0.25) is 0 Å². The lowest BCUT2D eigenvalue weighted by molar-refractivity contribution is -0.291. The fourth-order valence-corrected chi connectivity index (χ4v) is 1.19. The molecule has 3 N–H and O–H groups in total. The summed E-state index contributed by atoms with van der Waals surface area (Å²) in [7, 11) is -4.58. The monoisotopic (exact) mass is 216 g/mol. The maximum Gasteiger partial charge on any atom is 0.699 e. The lowest BCUT2D eigenvalue weighted by Gasteiger charge is -2.14. The standard InChI is InChI=1S/C8H12O5Si/c1-7(12-13-14(9,10)11)8-5-3-2-4-6-8/h2-7,9-11H,1H3. The molecule has 0 fully saturated rings. The lowest BCUT2D eigenvalue weighted by atomic mass is 10.1. The van der Waals surface area contributed by atoms with Gasteiger partial charge in [0.15, 0.2) is 0 Å². The highest BCUT2D eigenvalue weighted by Crippen LogP contribution is 2.16. The molecule has 0 aliphatic heterocycles. The Morgan fingerprint density at radius 3 is 2.21 bits per heavy atom. The van der Waals surface area contributed by atoms with E-state index < -0.39 is 15.2 Å². The van der Waals surface area contributed by atoms with Crippen LogP contribution in [0, 0.1) is 0 Å².